The summed E-state index contributed by atoms with van der Waals surface area (Å²) in [6.45, 7) is 3.70. The highest BCUT2D eigenvalue weighted by atomic mass is 16.5. The molecule has 0 radical (unpaired) electrons. The summed E-state index contributed by atoms with van der Waals surface area (Å²) < 4.78 is 5.37. The van der Waals surface area contributed by atoms with Crippen molar-refractivity contribution < 1.29 is 14.3 Å². The fourth-order valence-electron chi connectivity index (χ4n) is 1.64. The molecule has 0 fully saturated rings. The number of amides is 3. The fraction of sp³-hybridized carbons (Fsp3) is 0.467. The van der Waals surface area contributed by atoms with Crippen LogP contribution in [0.25, 0.3) is 0 Å². The van der Waals surface area contributed by atoms with Gasteiger partial charge in [-0.15, -0.1) is 0 Å². The first-order valence-electron chi connectivity index (χ1n) is 7.02. The monoisotopic (exact) mass is 293 g/mol. The maximum atomic E-state index is 11.5. The topological polar surface area (TPSA) is 79.5 Å². The number of carbonyl (C=O) groups is 2. The molecule has 1 atom stereocenters. The Bertz CT molecular complexity index is 437. The minimum absolute atomic E-state index is 0.438. The number of benzene rings is 1. The smallest absolute Gasteiger partial charge is 0.321 e. The molecule has 1 rings (SSSR count). The van der Waals surface area contributed by atoms with Gasteiger partial charge in [0.25, 0.3) is 5.91 Å². The van der Waals surface area contributed by atoms with Gasteiger partial charge in [-0.25, -0.2) is 4.79 Å². The minimum atomic E-state index is -0.642. The van der Waals surface area contributed by atoms with E-state index in [2.05, 4.69) is 28.1 Å². The van der Waals surface area contributed by atoms with Crippen LogP contribution in [0.2, 0.25) is 0 Å². The average molecular weight is 293 g/mol. The molecule has 0 saturated heterocycles. The van der Waals surface area contributed by atoms with Gasteiger partial charge in [0.2, 0.25) is 0 Å². The van der Waals surface area contributed by atoms with Crippen molar-refractivity contribution in [2.24, 2.45) is 0 Å². The van der Waals surface area contributed by atoms with Crippen molar-refractivity contribution in [1.29, 1.82) is 0 Å². The molecule has 116 valence electrons. The fourth-order valence-corrected chi connectivity index (χ4v) is 1.64. The maximum absolute atomic E-state index is 11.5. The van der Waals surface area contributed by atoms with Crippen molar-refractivity contribution in [1.82, 2.24) is 16.0 Å². The van der Waals surface area contributed by atoms with Crippen LogP contribution in [0.3, 0.4) is 0 Å². The third-order valence-electron chi connectivity index (χ3n) is 2.87. The van der Waals surface area contributed by atoms with E-state index in [0.717, 1.165) is 19.5 Å². The second-order valence-electron chi connectivity index (χ2n) is 4.60. The third-order valence-corrected chi connectivity index (χ3v) is 2.87. The lowest BCUT2D eigenvalue weighted by Crippen LogP contribution is -2.43. The highest BCUT2D eigenvalue weighted by molar-refractivity contribution is 5.96. The SMILES string of the molecule is CNC(=O)NC(=O)C(C)OCCCNCc1ccccc1. The lowest BCUT2D eigenvalue weighted by Gasteiger charge is -2.12. The summed E-state index contributed by atoms with van der Waals surface area (Å²) in [6, 6.07) is 9.60. The van der Waals surface area contributed by atoms with Crippen LogP contribution in [0.4, 0.5) is 4.79 Å². The largest absolute Gasteiger partial charge is 0.369 e. The molecule has 0 saturated carbocycles. The summed E-state index contributed by atoms with van der Waals surface area (Å²) in [7, 11) is 1.45. The van der Waals surface area contributed by atoms with Gasteiger partial charge < -0.3 is 15.4 Å². The molecule has 1 unspecified atom stereocenters. The number of urea groups is 1. The Morgan fingerprint density at radius 1 is 1.24 bits per heavy atom. The predicted octanol–water partition coefficient (Wildman–Crippen LogP) is 1.03. The summed E-state index contributed by atoms with van der Waals surface area (Å²) in [6.07, 6.45) is 0.154. The summed E-state index contributed by atoms with van der Waals surface area (Å²) in [5.41, 5.74) is 1.23. The molecule has 1 aromatic carbocycles. The van der Waals surface area contributed by atoms with Crippen LogP contribution >= 0.6 is 0 Å². The second-order valence-corrected chi connectivity index (χ2v) is 4.60. The van der Waals surface area contributed by atoms with E-state index in [4.69, 9.17) is 4.74 Å². The summed E-state index contributed by atoms with van der Waals surface area (Å²) in [4.78, 5) is 22.5. The number of nitrogens with one attached hydrogen (secondary N) is 3. The van der Waals surface area contributed by atoms with Crippen LogP contribution in [-0.4, -0.2) is 38.2 Å². The second kappa shape index (κ2) is 9.90. The van der Waals surface area contributed by atoms with E-state index in [-0.39, 0.29) is 0 Å². The van der Waals surface area contributed by atoms with Gasteiger partial charge in [0, 0.05) is 20.2 Å². The average Bonchev–Trinajstić information content (AvgIpc) is 2.51. The Labute approximate surface area is 125 Å². The minimum Gasteiger partial charge on any atom is -0.369 e. The number of hydrogen-bond donors (Lipinski definition) is 3. The molecule has 3 amide bonds. The van der Waals surface area contributed by atoms with E-state index in [1.807, 2.05) is 18.2 Å². The summed E-state index contributed by atoms with van der Waals surface area (Å²) in [5, 5.41) is 7.79. The maximum Gasteiger partial charge on any atom is 0.321 e. The molecule has 6 heteroatoms. The zero-order chi connectivity index (χ0) is 15.5. The van der Waals surface area contributed by atoms with Crippen LogP contribution in [0.1, 0.15) is 18.9 Å². The van der Waals surface area contributed by atoms with Gasteiger partial charge in [-0.2, -0.15) is 0 Å². The van der Waals surface area contributed by atoms with E-state index < -0.39 is 18.0 Å². The van der Waals surface area contributed by atoms with Crippen LogP contribution in [0.5, 0.6) is 0 Å². The highest BCUT2D eigenvalue weighted by Gasteiger charge is 2.14. The van der Waals surface area contributed by atoms with Crippen molar-refractivity contribution in [3.05, 3.63) is 35.9 Å². The molecule has 21 heavy (non-hydrogen) atoms. The highest BCUT2D eigenvalue weighted by Crippen LogP contribution is 1.97. The third kappa shape index (κ3) is 7.43. The molecule has 3 N–H and O–H groups in total. The van der Waals surface area contributed by atoms with Crippen molar-refractivity contribution in [2.45, 2.75) is 26.0 Å². The molecule has 0 bridgehead atoms. The number of imide groups is 1. The van der Waals surface area contributed by atoms with Gasteiger partial charge in [-0.05, 0) is 25.5 Å². The molecule has 1 aromatic rings. The van der Waals surface area contributed by atoms with Crippen molar-refractivity contribution >= 4 is 11.9 Å². The molecule has 0 heterocycles. The molecular formula is C15H23N3O3. The number of ether oxygens (including phenoxy) is 1. The molecule has 0 aliphatic heterocycles. The molecule has 6 nitrogen and oxygen atoms in total. The lowest BCUT2D eigenvalue weighted by molar-refractivity contribution is -0.130. The number of hydrogen-bond acceptors (Lipinski definition) is 4. The van der Waals surface area contributed by atoms with Gasteiger partial charge in [-0.3, -0.25) is 10.1 Å². The zero-order valence-electron chi connectivity index (χ0n) is 12.5. The van der Waals surface area contributed by atoms with E-state index in [0.29, 0.717) is 6.61 Å². The first kappa shape index (κ1) is 17.1. The Kier molecular flexibility index (Phi) is 8.08. The van der Waals surface area contributed by atoms with Crippen molar-refractivity contribution in [3.63, 3.8) is 0 Å². The van der Waals surface area contributed by atoms with Gasteiger partial charge in [-0.1, -0.05) is 30.3 Å². The van der Waals surface area contributed by atoms with E-state index >= 15 is 0 Å². The first-order chi connectivity index (χ1) is 10.1. The Hall–Kier alpha value is -1.92. The Balaban J connectivity index is 2.05. The first-order valence-corrected chi connectivity index (χ1v) is 7.02. The quantitative estimate of drug-likeness (QED) is 0.625. The predicted molar refractivity (Wildman–Crippen MR) is 80.8 cm³/mol. The zero-order valence-corrected chi connectivity index (χ0v) is 12.5. The van der Waals surface area contributed by atoms with Gasteiger partial charge >= 0.3 is 6.03 Å². The van der Waals surface area contributed by atoms with Crippen LogP contribution in [-0.2, 0) is 16.1 Å². The normalized spacial score (nSPS) is 11.7. The van der Waals surface area contributed by atoms with Gasteiger partial charge in [0.1, 0.15) is 6.10 Å². The number of carbonyl (C=O) groups excluding carboxylic acids is 2. The van der Waals surface area contributed by atoms with E-state index in [9.17, 15) is 9.59 Å². The molecule has 0 aliphatic rings. The van der Waals surface area contributed by atoms with E-state index in [1.54, 1.807) is 6.92 Å². The lowest BCUT2D eigenvalue weighted by atomic mass is 10.2. The van der Waals surface area contributed by atoms with Crippen LogP contribution in [0, 0.1) is 0 Å². The summed E-state index contributed by atoms with van der Waals surface area (Å²) in [5.74, 6) is -0.438. The van der Waals surface area contributed by atoms with Crippen molar-refractivity contribution in [2.75, 3.05) is 20.2 Å². The number of rotatable bonds is 8. The van der Waals surface area contributed by atoms with Crippen molar-refractivity contribution in [3.8, 4) is 0 Å². The Morgan fingerprint density at radius 3 is 2.62 bits per heavy atom. The molecular weight excluding hydrogens is 270 g/mol. The van der Waals surface area contributed by atoms with Gasteiger partial charge in [0.15, 0.2) is 0 Å². The standard InChI is InChI=1S/C15H23N3O3/c1-12(14(19)18-15(20)16-2)21-10-6-9-17-11-13-7-4-3-5-8-13/h3-5,7-8,12,17H,6,9-11H2,1-2H3,(H2,16,18,19,20). The van der Waals surface area contributed by atoms with Crippen LogP contribution in [0.15, 0.2) is 30.3 Å². The van der Waals surface area contributed by atoms with E-state index in [1.165, 1.54) is 12.6 Å². The Morgan fingerprint density at radius 2 is 1.95 bits per heavy atom. The summed E-state index contributed by atoms with van der Waals surface area (Å²) >= 11 is 0. The molecule has 0 aliphatic carbocycles. The van der Waals surface area contributed by atoms with Gasteiger partial charge in [0.05, 0.1) is 0 Å². The van der Waals surface area contributed by atoms with Crippen LogP contribution < -0.4 is 16.0 Å². The molecule has 0 aromatic heterocycles. The molecule has 0 spiro atoms.